The Balaban J connectivity index is 1.28. The summed E-state index contributed by atoms with van der Waals surface area (Å²) in [6.45, 7) is 17.6. The van der Waals surface area contributed by atoms with Crippen molar-refractivity contribution in [1.82, 2.24) is 5.32 Å². The van der Waals surface area contributed by atoms with Crippen LogP contribution in [0.15, 0.2) is 195 Å². The number of ether oxygens (including phenoxy) is 7. The van der Waals surface area contributed by atoms with Crippen molar-refractivity contribution >= 4 is 24.8 Å². The summed E-state index contributed by atoms with van der Waals surface area (Å²) in [5.74, 6) is 0. The molecule has 1 amide bonds. The quantitative estimate of drug-likeness (QED) is 0.0497. The average Bonchev–Trinajstić information content (AvgIpc) is 3.37. The van der Waals surface area contributed by atoms with Gasteiger partial charge in [0.05, 0.1) is 51.8 Å². The van der Waals surface area contributed by atoms with E-state index in [2.05, 4.69) is 56.9 Å². The number of alkyl carbamates (subject to hydrolysis) is 1. The third-order valence-electron chi connectivity index (χ3n) is 12.3. The predicted octanol–water partition coefficient (Wildman–Crippen LogP) is 10.7. The van der Waals surface area contributed by atoms with E-state index in [4.69, 9.17) is 37.6 Å². The van der Waals surface area contributed by atoms with Gasteiger partial charge in [-0.1, -0.05) is 209 Å². The van der Waals surface area contributed by atoms with Crippen LogP contribution in [0.2, 0.25) is 5.04 Å². The van der Waals surface area contributed by atoms with Crippen LogP contribution in [0.1, 0.15) is 63.8 Å². The van der Waals surface area contributed by atoms with Gasteiger partial charge in [-0.2, -0.15) is 0 Å². The lowest BCUT2D eigenvalue weighted by Gasteiger charge is -2.47. The van der Waals surface area contributed by atoms with E-state index in [-0.39, 0.29) is 38.1 Å². The standard InChI is InChI=1S/C60H71NO9Si/c1-8-52(70-71(60(5,6)7,49-35-23-13-24-36-49)50-37-25-14-26-38-50)51(61-58(62)69-59(2,3)4)43-67-57-56(66-42-48-33-21-12-22-34-48)55(65-41-47-31-19-11-20-32-47)54(64-40-46-29-17-10-18-30-46)53(68-57)44-63-39-45-27-15-9-16-28-45/h8-38,51-57H,1,39-44H2,2-7H3,(H,61,62)/t51-,52+,53?,54-,55?,56-,57+/m0/s1. The number of carbonyl (C=O) groups excluding carboxylic acids is 1. The first kappa shape index (κ1) is 53.1. The first-order valence-corrected chi connectivity index (χ1v) is 26.5. The largest absolute Gasteiger partial charge is 0.444 e. The van der Waals surface area contributed by atoms with Gasteiger partial charge in [0.25, 0.3) is 8.32 Å². The Hall–Kier alpha value is -5.73. The Kier molecular flexibility index (Phi) is 19.1. The van der Waals surface area contributed by atoms with Crippen LogP contribution in [0, 0.1) is 0 Å². The van der Waals surface area contributed by atoms with Crippen LogP contribution in [0.4, 0.5) is 4.79 Å². The molecule has 0 saturated carbocycles. The molecule has 374 valence electrons. The van der Waals surface area contributed by atoms with E-state index in [0.717, 1.165) is 32.6 Å². The van der Waals surface area contributed by atoms with Crippen molar-refractivity contribution in [2.75, 3.05) is 13.2 Å². The second-order valence-corrected chi connectivity index (χ2v) is 24.1. The smallest absolute Gasteiger partial charge is 0.408 e. The van der Waals surface area contributed by atoms with Crippen LogP contribution in [-0.4, -0.2) is 76.1 Å². The fraction of sp³-hybridized carbons (Fsp3) is 0.350. The normalized spacial score (nSPS) is 19.3. The van der Waals surface area contributed by atoms with Gasteiger partial charge < -0.3 is 42.9 Å². The van der Waals surface area contributed by atoms with Crippen LogP contribution in [-0.2, 0) is 64.0 Å². The lowest BCUT2D eigenvalue weighted by Crippen LogP contribution is -2.69. The van der Waals surface area contributed by atoms with Crippen molar-refractivity contribution in [3.63, 3.8) is 0 Å². The van der Waals surface area contributed by atoms with E-state index < -0.39 is 62.9 Å². The van der Waals surface area contributed by atoms with E-state index in [1.54, 1.807) is 6.08 Å². The summed E-state index contributed by atoms with van der Waals surface area (Å²) in [5, 5.41) is 4.91. The molecule has 1 N–H and O–H groups in total. The Bertz CT molecular complexity index is 2430. The summed E-state index contributed by atoms with van der Waals surface area (Å²) in [6.07, 6.45) is -3.65. The summed E-state index contributed by atoms with van der Waals surface area (Å²) in [6, 6.07) is 59.9. The summed E-state index contributed by atoms with van der Waals surface area (Å²) < 4.78 is 55.0. The highest BCUT2D eigenvalue weighted by atomic mass is 28.4. The maximum atomic E-state index is 14.0. The number of rotatable bonds is 23. The minimum atomic E-state index is -3.21. The van der Waals surface area contributed by atoms with E-state index in [9.17, 15) is 4.79 Å². The molecule has 7 atom stereocenters. The second-order valence-electron chi connectivity index (χ2n) is 19.9. The summed E-state index contributed by atoms with van der Waals surface area (Å²) in [7, 11) is -3.21. The molecule has 1 heterocycles. The van der Waals surface area contributed by atoms with Crippen LogP contribution in [0.25, 0.3) is 0 Å². The molecule has 1 aliphatic rings. The van der Waals surface area contributed by atoms with Crippen LogP contribution < -0.4 is 15.7 Å². The zero-order valence-corrected chi connectivity index (χ0v) is 43.1. The molecule has 0 aliphatic carbocycles. The minimum absolute atomic E-state index is 0.0947. The SMILES string of the molecule is C=C[C@@H](O[Si](c1ccccc1)(c1ccccc1)C(C)(C)C)[C@H](CO[C@@H]1OC(COCc2ccccc2)[C@H](OCc2ccccc2)C(OCc2ccccc2)[C@@H]1OCc1ccccc1)NC(=O)OC(C)(C)C. The van der Waals surface area contributed by atoms with Crippen LogP contribution in [0.3, 0.4) is 0 Å². The average molecular weight is 978 g/mol. The molecule has 11 heteroatoms. The topological polar surface area (TPSA) is 103 Å². The molecule has 2 unspecified atom stereocenters. The fourth-order valence-electron chi connectivity index (χ4n) is 8.95. The Morgan fingerprint density at radius 2 is 0.986 bits per heavy atom. The molecule has 0 bridgehead atoms. The number of nitrogens with one attached hydrogen (secondary N) is 1. The number of amides is 1. The molecule has 1 aliphatic heterocycles. The van der Waals surface area contributed by atoms with Gasteiger partial charge >= 0.3 is 6.09 Å². The van der Waals surface area contributed by atoms with Crippen LogP contribution in [0.5, 0.6) is 0 Å². The Morgan fingerprint density at radius 1 is 0.577 bits per heavy atom. The first-order valence-electron chi connectivity index (χ1n) is 24.6. The highest BCUT2D eigenvalue weighted by Gasteiger charge is 2.53. The second kappa shape index (κ2) is 25.6. The zero-order chi connectivity index (χ0) is 50.1. The Labute approximate surface area is 422 Å². The molecular formula is C60H71NO9Si. The van der Waals surface area contributed by atoms with E-state index in [0.29, 0.717) is 6.61 Å². The van der Waals surface area contributed by atoms with E-state index >= 15 is 0 Å². The molecule has 6 aromatic carbocycles. The minimum Gasteiger partial charge on any atom is -0.444 e. The highest BCUT2D eigenvalue weighted by Crippen LogP contribution is 2.38. The molecule has 0 spiro atoms. The lowest BCUT2D eigenvalue weighted by atomic mass is 9.97. The van der Waals surface area contributed by atoms with E-state index in [1.807, 2.05) is 178 Å². The predicted molar refractivity (Wildman–Crippen MR) is 282 cm³/mol. The van der Waals surface area contributed by atoms with Gasteiger partial charge in [0.2, 0.25) is 0 Å². The van der Waals surface area contributed by atoms with Crippen molar-refractivity contribution in [1.29, 1.82) is 0 Å². The zero-order valence-electron chi connectivity index (χ0n) is 42.1. The van der Waals surface area contributed by atoms with Gasteiger partial charge in [-0.25, -0.2) is 4.79 Å². The number of carbonyl (C=O) groups is 1. The van der Waals surface area contributed by atoms with Crippen LogP contribution >= 0.6 is 0 Å². The van der Waals surface area contributed by atoms with Crippen molar-refractivity contribution in [3.05, 3.63) is 217 Å². The number of hydrogen-bond donors (Lipinski definition) is 1. The molecule has 1 fully saturated rings. The van der Waals surface area contributed by atoms with Gasteiger partial charge in [0, 0.05) is 0 Å². The molecule has 10 nitrogen and oxygen atoms in total. The number of hydrogen-bond acceptors (Lipinski definition) is 9. The first-order chi connectivity index (χ1) is 34.3. The van der Waals surface area contributed by atoms with Crippen molar-refractivity contribution in [2.45, 2.75) is 121 Å². The third kappa shape index (κ3) is 14.9. The summed E-state index contributed by atoms with van der Waals surface area (Å²) in [5.41, 5.74) is 3.16. The molecular weight excluding hydrogens is 907 g/mol. The maximum Gasteiger partial charge on any atom is 0.408 e. The van der Waals surface area contributed by atoms with Gasteiger partial charge in [0.15, 0.2) is 6.29 Å². The highest BCUT2D eigenvalue weighted by molar-refractivity contribution is 6.99. The lowest BCUT2D eigenvalue weighted by molar-refractivity contribution is -0.329. The van der Waals surface area contributed by atoms with Gasteiger partial charge in [-0.15, -0.1) is 6.58 Å². The maximum absolute atomic E-state index is 14.0. The van der Waals surface area contributed by atoms with Gasteiger partial charge in [0.1, 0.15) is 30.0 Å². The molecule has 0 radical (unpaired) electrons. The molecule has 1 saturated heterocycles. The fourth-order valence-corrected chi connectivity index (χ4v) is 13.6. The molecule has 6 aromatic rings. The molecule has 0 aromatic heterocycles. The molecule has 71 heavy (non-hydrogen) atoms. The van der Waals surface area contributed by atoms with Crippen molar-refractivity contribution in [3.8, 4) is 0 Å². The monoisotopic (exact) mass is 977 g/mol. The molecule has 7 rings (SSSR count). The summed E-state index contributed by atoms with van der Waals surface area (Å²) in [4.78, 5) is 14.0. The van der Waals surface area contributed by atoms with Gasteiger partial charge in [-0.3, -0.25) is 0 Å². The van der Waals surface area contributed by atoms with Crippen molar-refractivity contribution in [2.24, 2.45) is 0 Å². The van der Waals surface area contributed by atoms with Gasteiger partial charge in [-0.05, 0) is 58.4 Å². The third-order valence-corrected chi connectivity index (χ3v) is 17.4. The number of benzene rings is 6. The Morgan fingerprint density at radius 3 is 1.41 bits per heavy atom. The van der Waals surface area contributed by atoms with E-state index in [1.165, 1.54) is 0 Å². The van der Waals surface area contributed by atoms with Crippen molar-refractivity contribution < 1.29 is 42.4 Å². The summed E-state index contributed by atoms with van der Waals surface area (Å²) >= 11 is 0.